The van der Waals surface area contributed by atoms with Gasteiger partial charge in [-0.25, -0.2) is 4.79 Å². The van der Waals surface area contributed by atoms with Crippen LogP contribution in [0.5, 0.6) is 69.0 Å². The van der Waals surface area contributed by atoms with Gasteiger partial charge in [0, 0.05) is 48.6 Å². The molecule has 9 aliphatic heterocycles. The van der Waals surface area contributed by atoms with Crippen molar-refractivity contribution in [3.05, 3.63) is 164 Å². The molecule has 1 unspecified atom stereocenters. The SMILES string of the molecule is CC(=O)N[C@H]1[C@H](O[C@@H]2c3ccc(c(Cl)c3)Oc3cc4cc(c3O[C@@H]3O[C@@H](CO)[C@H](O)[C@@H](O)[C@@H]3NC(=O)CCCCCCC(C)C)Oc3ccc(cc3Cl)C[C@H]3NC(=O)[C@H](N)c5ccc(O)c(c5)Oc5cc(O)cc(c5)[C@H](NC3=O)C(=O)N[C@H]4C(=O)N[C@H]3C(=O)N[C@@H]2C(=O)NC(C(=O)O)c2cc(O)cc(O[C@H]4O[C@H](CO)[C@@H](O)[C@H](O)[C@@H]4O)c2-c2cc3ccc2O)O[C@H](CO)[C@@H](O)[C@@H]1O. The van der Waals surface area contributed by atoms with Gasteiger partial charge in [0.05, 0.1) is 29.9 Å². The molecule has 25 N–H and O–H groups in total. The lowest BCUT2D eigenvalue weighted by molar-refractivity contribution is -0.284. The van der Waals surface area contributed by atoms with Gasteiger partial charge in [-0.3, -0.25) is 38.4 Å². The fraction of sp³-hybridized carbons (Fsp3) is 0.420. The lowest BCUT2D eigenvalue weighted by atomic mass is 9.89. The Morgan fingerprint density at radius 2 is 1.05 bits per heavy atom. The average Bonchev–Trinajstić information content (AvgIpc) is 0.748. The van der Waals surface area contributed by atoms with Crippen LogP contribution in [0, 0.1) is 5.92 Å². The summed E-state index contributed by atoms with van der Waals surface area (Å²) in [5, 5.41) is 190. The number of fused-ring (bicyclic) bond motifs is 14. The number of rotatable bonds is 19. The van der Waals surface area contributed by atoms with E-state index in [9.17, 15) is 95.8 Å². The molecule has 23 atom stereocenters. The van der Waals surface area contributed by atoms with Gasteiger partial charge in [-0.2, -0.15) is 0 Å². The number of amides is 8. The Morgan fingerprint density at radius 3 is 1.68 bits per heavy atom. The summed E-state index contributed by atoms with van der Waals surface area (Å²) in [4.78, 5) is 138. The van der Waals surface area contributed by atoms with E-state index in [4.69, 9.17) is 71.6 Å². The second kappa shape index (κ2) is 40.6. The lowest BCUT2D eigenvalue weighted by Gasteiger charge is -2.44. The number of nitrogens with one attached hydrogen (secondary N) is 8. The predicted molar refractivity (Wildman–Crippen MR) is 453 cm³/mol. The van der Waals surface area contributed by atoms with Gasteiger partial charge in [0.2, 0.25) is 65.6 Å². The molecular formula is C88H97Cl2N9O33. The Labute approximate surface area is 759 Å². The number of unbranched alkanes of at least 4 members (excludes halogenated alkanes) is 3. The summed E-state index contributed by atoms with van der Waals surface area (Å²) in [5.74, 6) is -19.2. The van der Waals surface area contributed by atoms with Gasteiger partial charge in [-0.05, 0) is 125 Å². The van der Waals surface area contributed by atoms with Crippen LogP contribution >= 0.6 is 23.2 Å². The molecule has 0 radical (unpaired) electrons. The second-order valence-corrected chi connectivity index (χ2v) is 34.0. The maximum Gasteiger partial charge on any atom is 0.330 e. The van der Waals surface area contributed by atoms with Gasteiger partial charge in [0.1, 0.15) is 156 Å². The van der Waals surface area contributed by atoms with Crippen molar-refractivity contribution in [1.82, 2.24) is 42.5 Å². The lowest BCUT2D eigenvalue weighted by Crippen LogP contribution is -2.65. The number of aliphatic hydroxyl groups excluding tert-OH is 10. The number of aliphatic carboxylic acids is 1. The number of phenols is 4. The third-order valence-electron chi connectivity index (χ3n) is 23.4. The van der Waals surface area contributed by atoms with E-state index in [0.29, 0.717) is 18.8 Å². The normalized spacial score (nSPS) is 28.9. The molecule has 0 aromatic heterocycles. The topological polar surface area (TPSA) is 662 Å². The molecule has 3 fully saturated rings. The zero-order valence-electron chi connectivity index (χ0n) is 70.3. The van der Waals surface area contributed by atoms with E-state index in [1.807, 2.05) is 0 Å². The summed E-state index contributed by atoms with van der Waals surface area (Å²) < 4.78 is 57.5. The molecule has 0 aliphatic carbocycles. The number of carbonyl (C=O) groups excluding carboxylic acids is 8. The number of aliphatic hydroxyl groups is 10. The Bertz CT molecular complexity index is 5560. The number of ether oxygens (including phenoxy) is 9. The average molecular weight is 1880 g/mol. The van der Waals surface area contributed by atoms with E-state index in [-0.39, 0.29) is 39.8 Å². The highest BCUT2D eigenvalue weighted by Crippen LogP contribution is 2.51. The smallest absolute Gasteiger partial charge is 0.330 e. The van der Waals surface area contributed by atoms with E-state index in [1.54, 1.807) is 0 Å². The Balaban J connectivity index is 1.04. The second-order valence-electron chi connectivity index (χ2n) is 33.2. The molecule has 132 heavy (non-hydrogen) atoms. The van der Waals surface area contributed by atoms with E-state index < -0.39 is 316 Å². The third-order valence-corrected chi connectivity index (χ3v) is 24.0. The summed E-state index contributed by atoms with van der Waals surface area (Å²) in [6, 6.07) is 0.658. The molecule has 706 valence electrons. The van der Waals surface area contributed by atoms with E-state index in [0.717, 1.165) is 111 Å². The molecule has 9 heterocycles. The highest BCUT2D eigenvalue weighted by molar-refractivity contribution is 6.32. The summed E-state index contributed by atoms with van der Waals surface area (Å²) >= 11 is 14.7. The summed E-state index contributed by atoms with van der Waals surface area (Å²) in [6.07, 6.45) is -25.9. The third kappa shape index (κ3) is 20.7. The number of phenolic OH excluding ortho intramolecular Hbond substituents is 4. The Kier molecular flexibility index (Phi) is 29.5. The zero-order chi connectivity index (χ0) is 94.9. The monoisotopic (exact) mass is 1880 g/mol. The summed E-state index contributed by atoms with van der Waals surface area (Å²) in [7, 11) is 0. The number of benzene rings is 7. The number of carbonyl (C=O) groups is 9. The highest BCUT2D eigenvalue weighted by atomic mass is 35.5. The van der Waals surface area contributed by atoms with Crippen LogP contribution in [0.2, 0.25) is 10.0 Å². The van der Waals surface area contributed by atoms with E-state index >= 15 is 24.0 Å². The van der Waals surface area contributed by atoms with Crippen LogP contribution in [0.25, 0.3) is 11.1 Å². The van der Waals surface area contributed by atoms with Crippen molar-refractivity contribution in [2.24, 2.45) is 11.7 Å². The number of aromatic hydroxyl groups is 4. The number of hydrogen-bond donors (Lipinski definition) is 24. The van der Waals surface area contributed by atoms with Gasteiger partial charge in [0.15, 0.2) is 35.3 Å². The van der Waals surface area contributed by atoms with Crippen LogP contribution in [0.1, 0.15) is 135 Å². The first kappa shape index (κ1) is 96.0. The molecule has 9 aliphatic rings. The predicted octanol–water partition coefficient (Wildman–Crippen LogP) is 1.02. The van der Waals surface area contributed by atoms with Crippen LogP contribution in [0.4, 0.5) is 0 Å². The van der Waals surface area contributed by atoms with Crippen molar-refractivity contribution in [2.45, 2.75) is 206 Å². The summed E-state index contributed by atoms with van der Waals surface area (Å²) in [5.41, 5.74) is 2.79. The maximum absolute atomic E-state index is 17.0. The molecule has 7 aromatic rings. The van der Waals surface area contributed by atoms with E-state index in [1.165, 1.54) is 30.3 Å². The first-order valence-corrected chi connectivity index (χ1v) is 42.7. The molecule has 3 saturated heterocycles. The van der Waals surface area contributed by atoms with Gasteiger partial charge < -0.3 is 167 Å². The quantitative estimate of drug-likeness (QED) is 0.0503. The molecule has 8 amide bonds. The van der Waals surface area contributed by atoms with Crippen LogP contribution in [0.15, 0.2) is 115 Å². The van der Waals surface area contributed by atoms with Crippen LogP contribution in [0.3, 0.4) is 0 Å². The van der Waals surface area contributed by atoms with Crippen molar-refractivity contribution in [3.63, 3.8) is 0 Å². The van der Waals surface area contributed by atoms with Gasteiger partial charge in [0.25, 0.3) is 0 Å². The first-order valence-electron chi connectivity index (χ1n) is 42.0. The molecule has 42 nitrogen and oxygen atoms in total. The number of carboxylic acid groups (broad SMARTS) is 1. The molecule has 17 bridgehead atoms. The van der Waals surface area contributed by atoms with Crippen LogP contribution in [-0.2, 0) is 68.5 Å². The number of nitrogens with two attached hydrogens (primary N) is 1. The highest BCUT2D eigenvalue weighted by Gasteiger charge is 2.52. The number of halogens is 2. The van der Waals surface area contributed by atoms with Crippen molar-refractivity contribution < 1.29 is 162 Å². The molecule has 0 spiro atoms. The van der Waals surface area contributed by atoms with Gasteiger partial charge in [-0.1, -0.05) is 87.0 Å². The Morgan fingerprint density at radius 1 is 0.500 bits per heavy atom. The minimum atomic E-state index is -2.59. The first-order chi connectivity index (χ1) is 62.9. The number of carboxylic acids is 1. The van der Waals surface area contributed by atoms with E-state index in [2.05, 4.69) is 56.4 Å². The summed E-state index contributed by atoms with van der Waals surface area (Å²) in [6.45, 7) is 1.97. The maximum atomic E-state index is 17.0. The standard InChI is InChI=1S/C88H97Cl2N9O33/c1-33(2)8-6-4-5-7-9-60(108)94-68-74(113)71(110)58(31-101)129-87(68)132-78-55-25-40-26-56(78)126-52-17-13-38(23-47(52)90)77(131-86-67(92-34(3)103)73(112)70(109)57(30-100)128-86)69-84(121)98-66(85(122)123)45-28-42(105)29-54(127-88-76(115)75(114)72(111)59(32-102)130-88)61(45)44-22-37(12-14-49(44)106)63(81(118)99-69)96-83(120)65(40)97-82(119)64-39-20-41(104)27-43(21-39)124-53-24-36(11-15-50(53)107)62(91)80(117)93-48(79(116)95-64)19-35-10-16-51(125-55)46(89)18-35/h10-18,20-29,33,48,57-59,62-77,86-88,100-102,104-107,109-115H,4-9,19,30-32,91H2,1-3H3,(H,92,103)(H,93,117)(H,94,108)(H,95,116)(H,96,120)(H,97,119)(H,98,121)(H,99,118)(H,122,123)/t48-,57-,58+,59-,62-,63-,64+,65-,66?,67-,68+,69+,70-,71+,72-,73-,74+,75+,76+,77-,86+,87+,88+/m1/s1. The van der Waals surface area contributed by atoms with Crippen LogP contribution in [-0.4, -0.2) is 254 Å². The molecule has 0 saturated carbocycles. The Hall–Kier alpha value is -12.0. The number of hydrogen-bond acceptors (Lipinski definition) is 33. The van der Waals surface area contributed by atoms with Crippen LogP contribution < -0.4 is 72.0 Å². The molecule has 16 rings (SSSR count). The molecule has 7 aromatic carbocycles. The minimum absolute atomic E-state index is 0.0267. The van der Waals surface area contributed by atoms with Crippen molar-refractivity contribution in [3.8, 4) is 80.1 Å². The fourth-order valence-electron chi connectivity index (χ4n) is 16.5. The van der Waals surface area contributed by atoms with Crippen molar-refractivity contribution in [1.29, 1.82) is 0 Å². The van der Waals surface area contributed by atoms with Gasteiger partial charge in [-0.15, -0.1) is 0 Å². The zero-order valence-corrected chi connectivity index (χ0v) is 71.8. The van der Waals surface area contributed by atoms with Crippen molar-refractivity contribution >= 4 is 76.4 Å². The molecule has 44 heteroatoms. The molecular weight excluding hydrogens is 1780 g/mol. The van der Waals surface area contributed by atoms with Crippen molar-refractivity contribution in [2.75, 3.05) is 19.8 Å². The van der Waals surface area contributed by atoms with Gasteiger partial charge >= 0.3 is 5.97 Å². The largest absolute Gasteiger partial charge is 0.508 e. The fourth-order valence-corrected chi connectivity index (χ4v) is 16.9. The minimum Gasteiger partial charge on any atom is -0.508 e.